The minimum absolute atomic E-state index is 0.0756. The largest absolute Gasteiger partial charge is 0.346 e. The van der Waals surface area contributed by atoms with E-state index in [1.165, 1.54) is 12.1 Å². The molecular weight excluding hydrogens is 243 g/mol. The molecule has 2 aliphatic rings. The summed E-state index contributed by atoms with van der Waals surface area (Å²) in [4.78, 5) is 12.3. The highest BCUT2D eigenvalue weighted by molar-refractivity contribution is 5.80. The molecule has 0 radical (unpaired) electrons. The predicted molar refractivity (Wildman–Crippen MR) is 71.0 cm³/mol. The van der Waals surface area contributed by atoms with Gasteiger partial charge in [0.15, 0.2) is 0 Å². The lowest BCUT2D eigenvalue weighted by atomic mass is 9.97. The van der Waals surface area contributed by atoms with Crippen LogP contribution in [0.1, 0.15) is 31.2 Å². The third-order valence-corrected chi connectivity index (χ3v) is 4.18. The fourth-order valence-electron chi connectivity index (χ4n) is 2.79. The normalized spacial score (nSPS) is 24.8. The van der Waals surface area contributed by atoms with Crippen molar-refractivity contribution < 1.29 is 9.18 Å². The van der Waals surface area contributed by atoms with Crippen LogP contribution in [0.2, 0.25) is 0 Å². The summed E-state index contributed by atoms with van der Waals surface area (Å²) in [6, 6.07) is 6.48. The zero-order valence-corrected chi connectivity index (χ0v) is 10.9. The van der Waals surface area contributed by atoms with Crippen molar-refractivity contribution in [2.24, 2.45) is 5.92 Å². The van der Waals surface area contributed by atoms with Gasteiger partial charge in [-0.25, -0.2) is 4.39 Å². The molecule has 19 heavy (non-hydrogen) atoms. The Kier molecular flexibility index (Phi) is 3.27. The number of piperidine rings is 1. The summed E-state index contributed by atoms with van der Waals surface area (Å²) in [6.45, 7) is 1.78. The van der Waals surface area contributed by atoms with Gasteiger partial charge in [-0.3, -0.25) is 4.79 Å². The zero-order valence-electron chi connectivity index (χ0n) is 10.9. The van der Waals surface area contributed by atoms with Crippen molar-refractivity contribution in [3.05, 3.63) is 35.6 Å². The van der Waals surface area contributed by atoms with Crippen molar-refractivity contribution >= 4 is 5.91 Å². The Bertz CT molecular complexity index is 462. The van der Waals surface area contributed by atoms with Gasteiger partial charge in [-0.05, 0) is 49.9 Å². The highest BCUT2D eigenvalue weighted by atomic mass is 19.1. The van der Waals surface area contributed by atoms with Crippen molar-refractivity contribution in [1.82, 2.24) is 10.6 Å². The number of hydrogen-bond donors (Lipinski definition) is 2. The molecule has 3 rings (SSSR count). The van der Waals surface area contributed by atoms with E-state index in [-0.39, 0.29) is 23.2 Å². The molecule has 4 heteroatoms. The standard InChI is InChI=1S/C15H19FN2O/c16-13-5-3-12(4-6-13)15(7-8-15)18-14(19)11-2-1-9-17-10-11/h3-6,11,17H,1-2,7-10H2,(H,18,19). The Morgan fingerprint density at radius 3 is 2.63 bits per heavy atom. The Balaban J connectivity index is 1.68. The fourth-order valence-corrected chi connectivity index (χ4v) is 2.79. The van der Waals surface area contributed by atoms with E-state index in [2.05, 4.69) is 10.6 Å². The lowest BCUT2D eigenvalue weighted by Gasteiger charge is -2.25. The molecule has 1 saturated heterocycles. The number of nitrogens with one attached hydrogen (secondary N) is 2. The van der Waals surface area contributed by atoms with E-state index in [9.17, 15) is 9.18 Å². The summed E-state index contributed by atoms with van der Waals surface area (Å²) >= 11 is 0. The van der Waals surface area contributed by atoms with Crippen molar-refractivity contribution in [3.8, 4) is 0 Å². The van der Waals surface area contributed by atoms with Crippen LogP contribution in [0.25, 0.3) is 0 Å². The molecule has 102 valence electrons. The third-order valence-electron chi connectivity index (χ3n) is 4.18. The summed E-state index contributed by atoms with van der Waals surface area (Å²) < 4.78 is 13.0. The van der Waals surface area contributed by atoms with Gasteiger partial charge in [0, 0.05) is 6.54 Å². The molecule has 0 aromatic heterocycles. The van der Waals surface area contributed by atoms with Gasteiger partial charge in [0.2, 0.25) is 5.91 Å². The molecule has 1 aliphatic carbocycles. The quantitative estimate of drug-likeness (QED) is 0.874. The number of rotatable bonds is 3. The Morgan fingerprint density at radius 2 is 2.05 bits per heavy atom. The van der Waals surface area contributed by atoms with Crippen molar-refractivity contribution in [1.29, 1.82) is 0 Å². The van der Waals surface area contributed by atoms with Crippen LogP contribution >= 0.6 is 0 Å². The van der Waals surface area contributed by atoms with Crippen LogP contribution in [0.15, 0.2) is 24.3 Å². The molecule has 1 heterocycles. The van der Waals surface area contributed by atoms with E-state index < -0.39 is 0 Å². The van der Waals surface area contributed by atoms with E-state index >= 15 is 0 Å². The van der Waals surface area contributed by atoms with Gasteiger partial charge < -0.3 is 10.6 Å². The predicted octanol–water partition coefficient (Wildman–Crippen LogP) is 1.93. The van der Waals surface area contributed by atoms with Gasteiger partial charge in [0.1, 0.15) is 5.82 Å². The first-order valence-corrected chi connectivity index (χ1v) is 6.98. The lowest BCUT2D eigenvalue weighted by molar-refractivity contribution is -0.126. The van der Waals surface area contributed by atoms with Crippen molar-refractivity contribution in [2.45, 2.75) is 31.2 Å². The van der Waals surface area contributed by atoms with Crippen LogP contribution in [-0.2, 0) is 10.3 Å². The van der Waals surface area contributed by atoms with Gasteiger partial charge in [-0.2, -0.15) is 0 Å². The van der Waals surface area contributed by atoms with E-state index in [4.69, 9.17) is 0 Å². The molecule has 1 aromatic rings. The SMILES string of the molecule is O=C(NC1(c2ccc(F)cc2)CC1)C1CCCNC1. The van der Waals surface area contributed by atoms with E-state index in [0.717, 1.165) is 44.3 Å². The maximum Gasteiger partial charge on any atom is 0.225 e. The third kappa shape index (κ3) is 2.63. The van der Waals surface area contributed by atoms with E-state index in [0.29, 0.717) is 0 Å². The van der Waals surface area contributed by atoms with Crippen LogP contribution in [0, 0.1) is 11.7 Å². The van der Waals surface area contributed by atoms with E-state index in [1.54, 1.807) is 12.1 Å². The topological polar surface area (TPSA) is 41.1 Å². The number of amides is 1. The zero-order chi connectivity index (χ0) is 13.3. The number of carbonyl (C=O) groups is 1. The number of hydrogen-bond acceptors (Lipinski definition) is 2. The Morgan fingerprint density at radius 1 is 1.32 bits per heavy atom. The molecular formula is C15H19FN2O. The van der Waals surface area contributed by atoms with Gasteiger partial charge in [-0.15, -0.1) is 0 Å². The van der Waals surface area contributed by atoms with Gasteiger partial charge in [0.05, 0.1) is 11.5 Å². The first kappa shape index (κ1) is 12.6. The minimum Gasteiger partial charge on any atom is -0.346 e. The second-order valence-corrected chi connectivity index (χ2v) is 5.62. The number of halogens is 1. The Labute approximate surface area is 112 Å². The van der Waals surface area contributed by atoms with Crippen LogP contribution in [0.3, 0.4) is 0 Å². The molecule has 2 N–H and O–H groups in total. The maximum absolute atomic E-state index is 13.0. The van der Waals surface area contributed by atoms with Crippen LogP contribution in [0.5, 0.6) is 0 Å². The first-order chi connectivity index (χ1) is 9.20. The molecule has 2 fully saturated rings. The molecule has 1 amide bonds. The van der Waals surface area contributed by atoms with Gasteiger partial charge in [-0.1, -0.05) is 12.1 Å². The minimum atomic E-state index is -0.234. The highest BCUT2D eigenvalue weighted by Gasteiger charge is 2.46. The van der Waals surface area contributed by atoms with Gasteiger partial charge >= 0.3 is 0 Å². The van der Waals surface area contributed by atoms with Crippen LogP contribution in [0.4, 0.5) is 4.39 Å². The molecule has 3 nitrogen and oxygen atoms in total. The van der Waals surface area contributed by atoms with Crippen molar-refractivity contribution in [3.63, 3.8) is 0 Å². The molecule has 0 spiro atoms. The second kappa shape index (κ2) is 4.93. The van der Waals surface area contributed by atoms with Crippen LogP contribution < -0.4 is 10.6 Å². The second-order valence-electron chi connectivity index (χ2n) is 5.62. The number of benzene rings is 1. The monoisotopic (exact) mass is 262 g/mol. The average molecular weight is 262 g/mol. The molecule has 1 unspecified atom stereocenters. The summed E-state index contributed by atoms with van der Waals surface area (Å²) in [7, 11) is 0. The lowest BCUT2D eigenvalue weighted by Crippen LogP contribution is -2.44. The van der Waals surface area contributed by atoms with E-state index in [1.807, 2.05) is 0 Å². The smallest absolute Gasteiger partial charge is 0.225 e. The molecule has 1 aliphatic heterocycles. The summed E-state index contributed by atoms with van der Waals surface area (Å²) in [5, 5.41) is 6.43. The Hall–Kier alpha value is -1.42. The molecule has 1 saturated carbocycles. The average Bonchev–Trinajstić information content (AvgIpc) is 3.21. The highest BCUT2D eigenvalue weighted by Crippen LogP contribution is 2.45. The van der Waals surface area contributed by atoms with Crippen LogP contribution in [-0.4, -0.2) is 19.0 Å². The molecule has 0 bridgehead atoms. The molecule has 1 atom stereocenters. The maximum atomic E-state index is 13.0. The summed E-state index contributed by atoms with van der Waals surface area (Å²) in [5.74, 6) is -0.0249. The first-order valence-electron chi connectivity index (χ1n) is 6.98. The van der Waals surface area contributed by atoms with Gasteiger partial charge in [0.25, 0.3) is 0 Å². The fraction of sp³-hybridized carbons (Fsp3) is 0.533. The number of carbonyl (C=O) groups excluding carboxylic acids is 1. The van der Waals surface area contributed by atoms with Crippen molar-refractivity contribution in [2.75, 3.05) is 13.1 Å². The molecule has 1 aromatic carbocycles. The summed E-state index contributed by atoms with van der Waals surface area (Å²) in [6.07, 6.45) is 3.91. The summed E-state index contributed by atoms with van der Waals surface area (Å²) in [5.41, 5.74) is 0.786.